The van der Waals surface area contributed by atoms with Crippen LogP contribution in [0.3, 0.4) is 0 Å². The Labute approximate surface area is 131 Å². The number of hydrogen-bond acceptors (Lipinski definition) is 5. The van der Waals surface area contributed by atoms with Crippen molar-refractivity contribution < 1.29 is 9.47 Å². The molecular formula is C16H12ClN3O2. The van der Waals surface area contributed by atoms with E-state index in [0.717, 1.165) is 28.0 Å². The maximum atomic E-state index is 5.95. The van der Waals surface area contributed by atoms with E-state index in [0.29, 0.717) is 17.5 Å². The summed E-state index contributed by atoms with van der Waals surface area (Å²) < 4.78 is 10.7. The minimum atomic E-state index is 0.280. The molecule has 0 bridgehead atoms. The molecule has 0 fully saturated rings. The lowest BCUT2D eigenvalue weighted by Crippen LogP contribution is -2.03. The van der Waals surface area contributed by atoms with Gasteiger partial charge in [0.05, 0.1) is 5.52 Å². The first kappa shape index (κ1) is 13.2. The lowest BCUT2D eigenvalue weighted by molar-refractivity contribution is 0.174. The number of fused-ring (bicyclic) bond motifs is 2. The summed E-state index contributed by atoms with van der Waals surface area (Å²) in [5, 5.41) is 4.80. The summed E-state index contributed by atoms with van der Waals surface area (Å²) >= 11 is 5.95. The second kappa shape index (κ2) is 5.35. The standard InChI is InChI=1S/C16H12ClN3O2/c17-12-2-3-13-11(6-12)8-19-16(20-13)18-7-10-1-4-14-15(5-10)22-9-21-14/h1-6,8H,7,9H2,(H,18,19,20). The second-order valence-corrected chi connectivity index (χ2v) is 5.37. The van der Waals surface area contributed by atoms with Crippen LogP contribution in [0.2, 0.25) is 5.02 Å². The summed E-state index contributed by atoms with van der Waals surface area (Å²) in [6, 6.07) is 11.4. The second-order valence-electron chi connectivity index (χ2n) is 4.94. The zero-order chi connectivity index (χ0) is 14.9. The number of aromatic nitrogens is 2. The Bertz CT molecular complexity index is 854. The number of rotatable bonds is 3. The highest BCUT2D eigenvalue weighted by Crippen LogP contribution is 2.32. The normalized spacial score (nSPS) is 12.6. The molecule has 5 nitrogen and oxygen atoms in total. The molecule has 1 aromatic heterocycles. The molecule has 0 spiro atoms. The van der Waals surface area contributed by atoms with Crippen molar-refractivity contribution in [1.29, 1.82) is 0 Å². The fourth-order valence-electron chi connectivity index (χ4n) is 2.32. The molecule has 2 aromatic carbocycles. The number of hydrogen-bond donors (Lipinski definition) is 1. The van der Waals surface area contributed by atoms with Gasteiger partial charge >= 0.3 is 0 Å². The van der Waals surface area contributed by atoms with Gasteiger partial charge in [0.25, 0.3) is 0 Å². The third kappa shape index (κ3) is 2.51. The first-order valence-electron chi connectivity index (χ1n) is 6.83. The van der Waals surface area contributed by atoms with Gasteiger partial charge in [-0.1, -0.05) is 17.7 Å². The van der Waals surface area contributed by atoms with E-state index in [1.807, 2.05) is 36.4 Å². The van der Waals surface area contributed by atoms with Crippen LogP contribution in [0.5, 0.6) is 11.5 Å². The maximum absolute atomic E-state index is 5.95. The van der Waals surface area contributed by atoms with E-state index in [9.17, 15) is 0 Å². The summed E-state index contributed by atoms with van der Waals surface area (Å²) in [5.41, 5.74) is 1.93. The smallest absolute Gasteiger partial charge is 0.231 e. The summed E-state index contributed by atoms with van der Waals surface area (Å²) in [6.45, 7) is 0.887. The van der Waals surface area contributed by atoms with Crippen LogP contribution < -0.4 is 14.8 Å². The lowest BCUT2D eigenvalue weighted by atomic mass is 10.2. The molecule has 1 aliphatic heterocycles. The van der Waals surface area contributed by atoms with E-state index in [1.54, 1.807) is 6.20 Å². The van der Waals surface area contributed by atoms with Gasteiger partial charge in [0, 0.05) is 23.2 Å². The third-order valence-corrected chi connectivity index (χ3v) is 3.66. The minimum Gasteiger partial charge on any atom is -0.454 e. The van der Waals surface area contributed by atoms with E-state index >= 15 is 0 Å². The summed E-state index contributed by atoms with van der Waals surface area (Å²) in [7, 11) is 0. The van der Waals surface area contributed by atoms with E-state index in [4.69, 9.17) is 21.1 Å². The Morgan fingerprint density at radius 1 is 1.09 bits per heavy atom. The zero-order valence-electron chi connectivity index (χ0n) is 11.5. The highest BCUT2D eigenvalue weighted by atomic mass is 35.5. The number of halogens is 1. The van der Waals surface area contributed by atoms with Crippen LogP contribution in [0, 0.1) is 0 Å². The molecule has 3 aromatic rings. The number of nitrogens with zero attached hydrogens (tertiary/aromatic N) is 2. The summed E-state index contributed by atoms with van der Waals surface area (Å²) in [4.78, 5) is 8.77. The van der Waals surface area contributed by atoms with Gasteiger partial charge in [-0.25, -0.2) is 9.97 Å². The van der Waals surface area contributed by atoms with Gasteiger partial charge in [-0.15, -0.1) is 0 Å². The van der Waals surface area contributed by atoms with Crippen LogP contribution in [-0.4, -0.2) is 16.8 Å². The van der Waals surface area contributed by atoms with Gasteiger partial charge < -0.3 is 14.8 Å². The monoisotopic (exact) mass is 313 g/mol. The largest absolute Gasteiger partial charge is 0.454 e. The van der Waals surface area contributed by atoms with Gasteiger partial charge in [-0.2, -0.15) is 0 Å². The molecule has 22 heavy (non-hydrogen) atoms. The van der Waals surface area contributed by atoms with Crippen LogP contribution in [-0.2, 0) is 6.54 Å². The van der Waals surface area contributed by atoms with Gasteiger partial charge in [-0.05, 0) is 35.9 Å². The van der Waals surface area contributed by atoms with Crippen LogP contribution in [0.1, 0.15) is 5.56 Å². The van der Waals surface area contributed by atoms with Gasteiger partial charge in [0.15, 0.2) is 11.5 Å². The van der Waals surface area contributed by atoms with Crippen molar-refractivity contribution in [1.82, 2.24) is 9.97 Å². The molecule has 1 N–H and O–H groups in total. The van der Waals surface area contributed by atoms with Crippen molar-refractivity contribution in [3.05, 3.63) is 53.2 Å². The molecular weight excluding hydrogens is 302 g/mol. The first-order chi connectivity index (χ1) is 10.8. The topological polar surface area (TPSA) is 56.3 Å². The SMILES string of the molecule is Clc1ccc2nc(NCc3ccc4c(c3)OCO4)ncc2c1. The highest BCUT2D eigenvalue weighted by Gasteiger charge is 2.13. The Morgan fingerprint density at radius 3 is 2.95 bits per heavy atom. The van der Waals surface area contributed by atoms with Gasteiger partial charge in [0.2, 0.25) is 12.7 Å². The predicted octanol–water partition coefficient (Wildman–Crippen LogP) is 3.62. The van der Waals surface area contributed by atoms with E-state index < -0.39 is 0 Å². The van der Waals surface area contributed by atoms with Crippen molar-refractivity contribution in [2.24, 2.45) is 0 Å². The molecule has 0 atom stereocenters. The molecule has 110 valence electrons. The Hall–Kier alpha value is -2.53. The van der Waals surface area contributed by atoms with Crippen molar-refractivity contribution >= 4 is 28.5 Å². The number of ether oxygens (including phenoxy) is 2. The molecule has 0 saturated carbocycles. The van der Waals surface area contributed by atoms with Crippen LogP contribution >= 0.6 is 11.6 Å². The lowest BCUT2D eigenvalue weighted by Gasteiger charge is -2.07. The van der Waals surface area contributed by atoms with Crippen LogP contribution in [0.4, 0.5) is 5.95 Å². The van der Waals surface area contributed by atoms with Crippen LogP contribution in [0.25, 0.3) is 10.9 Å². The molecule has 1 aliphatic rings. The predicted molar refractivity (Wildman–Crippen MR) is 84.4 cm³/mol. The quantitative estimate of drug-likeness (QED) is 0.800. The fourth-order valence-corrected chi connectivity index (χ4v) is 2.50. The van der Waals surface area contributed by atoms with Gasteiger partial charge in [0.1, 0.15) is 0 Å². The Morgan fingerprint density at radius 2 is 2.00 bits per heavy atom. The van der Waals surface area contributed by atoms with Crippen molar-refractivity contribution in [2.75, 3.05) is 12.1 Å². The average Bonchev–Trinajstić information content (AvgIpc) is 3.00. The number of benzene rings is 2. The van der Waals surface area contributed by atoms with E-state index in [-0.39, 0.29) is 6.79 Å². The van der Waals surface area contributed by atoms with E-state index in [2.05, 4.69) is 15.3 Å². The molecule has 0 aliphatic carbocycles. The Kier molecular flexibility index (Phi) is 3.20. The van der Waals surface area contributed by atoms with Crippen molar-refractivity contribution in [3.8, 4) is 11.5 Å². The summed E-state index contributed by atoms with van der Waals surface area (Å²) in [5.74, 6) is 2.13. The highest BCUT2D eigenvalue weighted by molar-refractivity contribution is 6.31. The van der Waals surface area contributed by atoms with Crippen molar-refractivity contribution in [3.63, 3.8) is 0 Å². The average molecular weight is 314 g/mol. The number of nitrogens with one attached hydrogen (secondary N) is 1. The minimum absolute atomic E-state index is 0.280. The molecule has 0 amide bonds. The maximum Gasteiger partial charge on any atom is 0.231 e. The first-order valence-corrected chi connectivity index (χ1v) is 7.20. The Balaban J connectivity index is 1.52. The zero-order valence-corrected chi connectivity index (χ0v) is 12.3. The van der Waals surface area contributed by atoms with E-state index in [1.165, 1.54) is 0 Å². The van der Waals surface area contributed by atoms with Crippen molar-refractivity contribution in [2.45, 2.75) is 6.54 Å². The van der Waals surface area contributed by atoms with Crippen LogP contribution in [0.15, 0.2) is 42.6 Å². The fraction of sp³-hybridized carbons (Fsp3) is 0.125. The molecule has 0 saturated heterocycles. The molecule has 0 radical (unpaired) electrons. The molecule has 6 heteroatoms. The molecule has 0 unspecified atom stereocenters. The molecule has 4 rings (SSSR count). The molecule has 2 heterocycles. The third-order valence-electron chi connectivity index (χ3n) is 3.43. The van der Waals surface area contributed by atoms with Gasteiger partial charge in [-0.3, -0.25) is 0 Å². The summed E-state index contributed by atoms with van der Waals surface area (Å²) in [6.07, 6.45) is 1.76. The number of anilines is 1.